The summed E-state index contributed by atoms with van der Waals surface area (Å²) in [5.41, 5.74) is 6.61. The molecule has 0 radical (unpaired) electrons. The van der Waals surface area contributed by atoms with Crippen LogP contribution < -0.4 is 15.5 Å². The summed E-state index contributed by atoms with van der Waals surface area (Å²) in [6.07, 6.45) is 1.52. The first-order chi connectivity index (χ1) is 15.3. The number of ether oxygens (including phenoxy) is 1. The van der Waals surface area contributed by atoms with Crippen molar-refractivity contribution in [2.75, 3.05) is 11.9 Å². The molecule has 0 aromatic heterocycles. The number of hydrogen-bond donors (Lipinski definition) is 2. The molecular formula is C24H21Br2N3O3. The van der Waals surface area contributed by atoms with Gasteiger partial charge in [0.05, 0.1) is 15.2 Å². The summed E-state index contributed by atoms with van der Waals surface area (Å²) in [6.45, 7) is 3.77. The van der Waals surface area contributed by atoms with E-state index in [9.17, 15) is 9.59 Å². The van der Waals surface area contributed by atoms with Crippen molar-refractivity contribution in [1.82, 2.24) is 5.43 Å². The number of halogens is 2. The monoisotopic (exact) mass is 557 g/mol. The molecule has 6 nitrogen and oxygen atoms in total. The molecule has 3 rings (SSSR count). The van der Waals surface area contributed by atoms with E-state index in [1.807, 2.05) is 50.2 Å². The van der Waals surface area contributed by atoms with Gasteiger partial charge < -0.3 is 10.1 Å². The van der Waals surface area contributed by atoms with Gasteiger partial charge in [-0.1, -0.05) is 29.8 Å². The number of nitrogens with one attached hydrogen (secondary N) is 2. The van der Waals surface area contributed by atoms with Crippen LogP contribution in [0.5, 0.6) is 5.75 Å². The molecule has 0 spiro atoms. The van der Waals surface area contributed by atoms with E-state index in [-0.39, 0.29) is 18.4 Å². The van der Waals surface area contributed by atoms with Gasteiger partial charge in [0.1, 0.15) is 5.75 Å². The quantitative estimate of drug-likeness (QED) is 0.292. The Balaban J connectivity index is 1.58. The van der Waals surface area contributed by atoms with Crippen LogP contribution in [0.1, 0.15) is 27.0 Å². The zero-order valence-corrected chi connectivity index (χ0v) is 20.7. The summed E-state index contributed by atoms with van der Waals surface area (Å²) in [7, 11) is 0. The summed E-state index contributed by atoms with van der Waals surface area (Å²) in [5, 5.41) is 6.81. The second-order valence-electron chi connectivity index (χ2n) is 7.09. The number of amides is 2. The molecule has 0 atom stereocenters. The predicted molar refractivity (Wildman–Crippen MR) is 133 cm³/mol. The number of carbonyl (C=O) groups excluding carboxylic acids is 2. The van der Waals surface area contributed by atoms with E-state index in [1.165, 1.54) is 6.21 Å². The Morgan fingerprint density at radius 2 is 1.66 bits per heavy atom. The number of nitrogens with zero attached hydrogens (tertiary/aromatic N) is 1. The Morgan fingerprint density at radius 3 is 2.31 bits per heavy atom. The topological polar surface area (TPSA) is 79.8 Å². The Labute approximate surface area is 203 Å². The molecule has 0 saturated carbocycles. The van der Waals surface area contributed by atoms with Gasteiger partial charge in [0.25, 0.3) is 11.8 Å². The van der Waals surface area contributed by atoms with Gasteiger partial charge in [-0.05, 0) is 93.2 Å². The first-order valence-corrected chi connectivity index (χ1v) is 11.3. The fourth-order valence-electron chi connectivity index (χ4n) is 2.78. The van der Waals surface area contributed by atoms with Gasteiger partial charge in [0, 0.05) is 11.3 Å². The van der Waals surface area contributed by atoms with Crippen molar-refractivity contribution in [3.63, 3.8) is 0 Å². The highest BCUT2D eigenvalue weighted by Crippen LogP contribution is 2.34. The van der Waals surface area contributed by atoms with Crippen LogP contribution in [-0.4, -0.2) is 24.6 Å². The maximum absolute atomic E-state index is 12.2. The van der Waals surface area contributed by atoms with E-state index in [1.54, 1.807) is 24.3 Å². The van der Waals surface area contributed by atoms with E-state index in [2.05, 4.69) is 47.7 Å². The van der Waals surface area contributed by atoms with Gasteiger partial charge in [-0.15, -0.1) is 0 Å². The van der Waals surface area contributed by atoms with Gasteiger partial charge in [-0.25, -0.2) is 5.43 Å². The van der Waals surface area contributed by atoms with E-state index < -0.39 is 0 Å². The lowest BCUT2D eigenvalue weighted by molar-refractivity contribution is -0.118. The Bertz CT molecular complexity index is 1140. The van der Waals surface area contributed by atoms with E-state index in [4.69, 9.17) is 4.74 Å². The molecule has 2 amide bonds. The van der Waals surface area contributed by atoms with Crippen molar-refractivity contribution >= 4 is 55.6 Å². The summed E-state index contributed by atoms with van der Waals surface area (Å²) >= 11 is 6.91. The summed E-state index contributed by atoms with van der Waals surface area (Å²) < 4.78 is 6.96. The lowest BCUT2D eigenvalue weighted by Crippen LogP contribution is -2.20. The minimum atomic E-state index is -0.293. The third-order valence-electron chi connectivity index (χ3n) is 4.36. The van der Waals surface area contributed by atoms with Crippen molar-refractivity contribution in [3.8, 4) is 5.75 Å². The molecule has 0 fully saturated rings. The predicted octanol–water partition coefficient (Wildman–Crippen LogP) is 5.61. The number of anilines is 1. The summed E-state index contributed by atoms with van der Waals surface area (Å²) in [5.74, 6) is -0.0666. The van der Waals surface area contributed by atoms with Gasteiger partial charge in [-0.2, -0.15) is 5.10 Å². The molecular weight excluding hydrogens is 538 g/mol. The number of hydrogen-bond acceptors (Lipinski definition) is 4. The number of aryl methyl sites for hydroxylation is 2. The summed E-state index contributed by atoms with van der Waals surface area (Å²) in [6, 6.07) is 18.3. The van der Waals surface area contributed by atoms with Crippen molar-refractivity contribution < 1.29 is 14.3 Å². The number of rotatable bonds is 7. The Morgan fingerprint density at radius 1 is 0.969 bits per heavy atom. The number of hydrazone groups is 1. The molecule has 0 aliphatic heterocycles. The van der Waals surface area contributed by atoms with Crippen LogP contribution in [0.4, 0.5) is 5.69 Å². The maximum atomic E-state index is 12.2. The lowest BCUT2D eigenvalue weighted by Gasteiger charge is -2.12. The SMILES string of the molecule is Cc1ccc(C(=O)N/N=C/c2cc(Br)c(OCC(=O)Nc3cccc(C)c3)c(Br)c2)cc1. The van der Waals surface area contributed by atoms with Crippen LogP contribution in [0.2, 0.25) is 0 Å². The zero-order chi connectivity index (χ0) is 23.1. The zero-order valence-electron chi connectivity index (χ0n) is 17.5. The lowest BCUT2D eigenvalue weighted by atomic mass is 10.1. The normalized spacial score (nSPS) is 10.8. The fraction of sp³-hybridized carbons (Fsp3) is 0.125. The molecule has 0 saturated heterocycles. The average Bonchev–Trinajstić information content (AvgIpc) is 2.73. The molecule has 8 heteroatoms. The Hall–Kier alpha value is -2.97. The highest BCUT2D eigenvalue weighted by molar-refractivity contribution is 9.11. The molecule has 0 aliphatic carbocycles. The molecule has 32 heavy (non-hydrogen) atoms. The van der Waals surface area contributed by atoms with Crippen LogP contribution in [0.25, 0.3) is 0 Å². The molecule has 164 valence electrons. The van der Waals surface area contributed by atoms with Crippen molar-refractivity contribution in [3.05, 3.63) is 91.9 Å². The molecule has 3 aromatic rings. The van der Waals surface area contributed by atoms with Crippen LogP contribution >= 0.6 is 31.9 Å². The Kier molecular flexibility index (Phi) is 8.19. The van der Waals surface area contributed by atoms with Gasteiger partial charge >= 0.3 is 0 Å². The second kappa shape index (κ2) is 11.1. The number of benzene rings is 3. The molecule has 3 aromatic carbocycles. The van der Waals surface area contributed by atoms with Crippen LogP contribution in [-0.2, 0) is 4.79 Å². The van der Waals surface area contributed by atoms with Crippen LogP contribution in [0, 0.1) is 13.8 Å². The fourth-order valence-corrected chi connectivity index (χ4v) is 4.24. The smallest absolute Gasteiger partial charge is 0.271 e. The van der Waals surface area contributed by atoms with E-state index in [0.29, 0.717) is 20.3 Å². The largest absolute Gasteiger partial charge is 0.481 e. The van der Waals surface area contributed by atoms with Crippen LogP contribution in [0.3, 0.4) is 0 Å². The van der Waals surface area contributed by atoms with Crippen molar-refractivity contribution in [2.45, 2.75) is 13.8 Å². The summed E-state index contributed by atoms with van der Waals surface area (Å²) in [4.78, 5) is 24.3. The van der Waals surface area contributed by atoms with Crippen LogP contribution in [0.15, 0.2) is 74.7 Å². The second-order valence-corrected chi connectivity index (χ2v) is 8.79. The number of carbonyl (C=O) groups is 2. The average molecular weight is 559 g/mol. The van der Waals surface area contributed by atoms with Crippen molar-refractivity contribution in [2.24, 2.45) is 5.10 Å². The highest BCUT2D eigenvalue weighted by Gasteiger charge is 2.11. The van der Waals surface area contributed by atoms with Gasteiger partial charge in [0.15, 0.2) is 6.61 Å². The van der Waals surface area contributed by atoms with Gasteiger partial charge in [0.2, 0.25) is 0 Å². The first kappa shape index (κ1) is 23.7. The third-order valence-corrected chi connectivity index (χ3v) is 5.54. The highest BCUT2D eigenvalue weighted by atomic mass is 79.9. The standard InChI is InChI=1S/C24H21Br2N3O3/c1-15-6-8-18(9-7-15)24(31)29-27-13-17-11-20(25)23(21(26)12-17)32-14-22(30)28-19-5-3-4-16(2)10-19/h3-13H,14H2,1-2H3,(H,28,30)(H,29,31)/b27-13+. The van der Waals surface area contributed by atoms with Crippen molar-refractivity contribution in [1.29, 1.82) is 0 Å². The van der Waals surface area contributed by atoms with E-state index >= 15 is 0 Å². The molecule has 0 heterocycles. The molecule has 0 bridgehead atoms. The minimum absolute atomic E-state index is 0.148. The first-order valence-electron chi connectivity index (χ1n) is 9.70. The molecule has 0 unspecified atom stereocenters. The van der Waals surface area contributed by atoms with Gasteiger partial charge in [-0.3, -0.25) is 9.59 Å². The molecule has 2 N–H and O–H groups in total. The maximum Gasteiger partial charge on any atom is 0.271 e. The minimum Gasteiger partial charge on any atom is -0.481 e. The third kappa shape index (κ3) is 6.77. The van der Waals surface area contributed by atoms with E-state index in [0.717, 1.165) is 22.4 Å². The molecule has 0 aliphatic rings.